The predicted octanol–water partition coefficient (Wildman–Crippen LogP) is 1.52. The van der Waals surface area contributed by atoms with Gasteiger partial charge in [-0.1, -0.05) is 22.0 Å². The summed E-state index contributed by atoms with van der Waals surface area (Å²) in [6.07, 6.45) is 0. The molecule has 4 N–H and O–H groups in total. The quantitative estimate of drug-likeness (QED) is 0.718. The summed E-state index contributed by atoms with van der Waals surface area (Å²) in [4.78, 5) is 12.5. The van der Waals surface area contributed by atoms with Gasteiger partial charge in [0.2, 0.25) is 10.0 Å². The zero-order valence-electron chi connectivity index (χ0n) is 11.1. The highest BCUT2D eigenvalue weighted by Gasteiger charge is 2.17. The molecule has 0 unspecified atom stereocenters. The third-order valence-electron chi connectivity index (χ3n) is 2.86. The maximum absolute atomic E-state index is 12.1. The number of nitrogen functional groups attached to an aromatic ring is 1. The number of hydrogen-bond donors (Lipinski definition) is 3. The van der Waals surface area contributed by atoms with Crippen molar-refractivity contribution in [3.8, 4) is 0 Å². The Morgan fingerprint density at radius 3 is 2.81 bits per heavy atom. The number of amides is 1. The van der Waals surface area contributed by atoms with Crippen LogP contribution in [-0.4, -0.2) is 33.7 Å². The number of carbonyl (C=O) groups excluding carboxylic acids is 1. The summed E-state index contributed by atoms with van der Waals surface area (Å²) < 4.78 is 26.5. The first-order valence-corrected chi connectivity index (χ1v) is 9.27. The molecule has 0 saturated heterocycles. The Morgan fingerprint density at radius 2 is 2.14 bits per heavy atom. The van der Waals surface area contributed by atoms with Gasteiger partial charge in [-0.2, -0.15) is 0 Å². The van der Waals surface area contributed by atoms with E-state index in [-0.39, 0.29) is 18.2 Å². The first-order chi connectivity index (χ1) is 9.84. The summed E-state index contributed by atoms with van der Waals surface area (Å²) in [6, 6.07) is 5.58. The minimum absolute atomic E-state index is 0.0272. The number of anilines is 1. The molecule has 0 aliphatic rings. The smallest absolute Gasteiger partial charge is 0.263 e. The number of nitrogens with two attached hydrogens (primary N) is 1. The Balaban J connectivity index is 2.15. The lowest BCUT2D eigenvalue weighted by atomic mass is 10.2. The van der Waals surface area contributed by atoms with Crippen molar-refractivity contribution in [3.63, 3.8) is 0 Å². The van der Waals surface area contributed by atoms with Gasteiger partial charge in [0.15, 0.2) is 0 Å². The Bertz CT molecular complexity index is 786. The van der Waals surface area contributed by atoms with E-state index in [0.717, 1.165) is 14.6 Å². The number of hydrogen-bond acceptors (Lipinski definition) is 5. The van der Waals surface area contributed by atoms with Gasteiger partial charge < -0.3 is 11.1 Å². The van der Waals surface area contributed by atoms with Gasteiger partial charge in [0.05, 0.1) is 11.4 Å². The van der Waals surface area contributed by atoms with Crippen molar-refractivity contribution in [2.24, 2.45) is 0 Å². The first kappa shape index (κ1) is 16.2. The number of rotatable bonds is 5. The van der Waals surface area contributed by atoms with E-state index in [9.17, 15) is 13.2 Å². The second-order valence-electron chi connectivity index (χ2n) is 4.26. The van der Waals surface area contributed by atoms with E-state index in [1.807, 2.05) is 18.2 Å². The lowest BCUT2D eigenvalue weighted by Gasteiger charge is -2.04. The molecule has 2 rings (SSSR count). The Hall–Kier alpha value is -1.16. The van der Waals surface area contributed by atoms with Gasteiger partial charge in [-0.25, -0.2) is 13.1 Å². The molecular weight excluding hydrogens is 378 g/mol. The van der Waals surface area contributed by atoms with E-state index < -0.39 is 10.0 Å². The summed E-state index contributed by atoms with van der Waals surface area (Å²) >= 11 is 4.64. The molecule has 0 radical (unpaired) electrons. The van der Waals surface area contributed by atoms with Crippen molar-refractivity contribution in [1.29, 1.82) is 0 Å². The zero-order valence-corrected chi connectivity index (χ0v) is 14.4. The lowest BCUT2D eigenvalue weighted by Crippen LogP contribution is -2.32. The fourth-order valence-corrected chi connectivity index (χ4v) is 3.91. The highest BCUT2D eigenvalue weighted by Crippen LogP contribution is 2.35. The molecule has 1 aromatic heterocycles. The van der Waals surface area contributed by atoms with Crippen molar-refractivity contribution in [2.75, 3.05) is 25.1 Å². The second kappa shape index (κ2) is 6.30. The van der Waals surface area contributed by atoms with E-state index >= 15 is 0 Å². The standard InChI is InChI=1S/C12H14BrN3O3S2/c1-15-21(18,19)5-4-16-12(17)11-10(14)8-3-2-7(13)6-9(8)20-11/h2-3,6,15H,4-5,14H2,1H3,(H,16,17). The molecule has 0 aliphatic heterocycles. The van der Waals surface area contributed by atoms with Crippen LogP contribution in [0.4, 0.5) is 5.69 Å². The molecule has 0 atom stereocenters. The average Bonchev–Trinajstić information content (AvgIpc) is 2.75. The highest BCUT2D eigenvalue weighted by molar-refractivity contribution is 9.10. The van der Waals surface area contributed by atoms with Crippen LogP contribution < -0.4 is 15.8 Å². The van der Waals surface area contributed by atoms with Crippen LogP contribution >= 0.6 is 27.3 Å². The van der Waals surface area contributed by atoms with Gasteiger partial charge in [-0.05, 0) is 19.2 Å². The normalized spacial score (nSPS) is 11.7. The van der Waals surface area contributed by atoms with Crippen molar-refractivity contribution in [2.45, 2.75) is 0 Å². The van der Waals surface area contributed by atoms with Crippen LogP contribution in [0.5, 0.6) is 0 Å². The van der Waals surface area contributed by atoms with Gasteiger partial charge in [0, 0.05) is 21.1 Å². The minimum Gasteiger partial charge on any atom is -0.397 e. The highest BCUT2D eigenvalue weighted by atomic mass is 79.9. The van der Waals surface area contributed by atoms with E-state index in [2.05, 4.69) is 26.0 Å². The largest absolute Gasteiger partial charge is 0.397 e. The molecule has 6 nitrogen and oxygen atoms in total. The van der Waals surface area contributed by atoms with Crippen LogP contribution in [0.3, 0.4) is 0 Å². The Morgan fingerprint density at radius 1 is 1.43 bits per heavy atom. The topological polar surface area (TPSA) is 101 Å². The van der Waals surface area contributed by atoms with Crippen molar-refractivity contribution in [1.82, 2.24) is 10.0 Å². The molecule has 0 bridgehead atoms. The molecule has 0 aliphatic carbocycles. The molecule has 2 aromatic rings. The fraction of sp³-hybridized carbons (Fsp3) is 0.250. The maximum Gasteiger partial charge on any atom is 0.263 e. The van der Waals surface area contributed by atoms with Crippen LogP contribution in [0, 0.1) is 0 Å². The molecular formula is C12H14BrN3O3S2. The number of benzene rings is 1. The second-order valence-corrected chi connectivity index (χ2v) is 8.28. The van der Waals surface area contributed by atoms with E-state index in [0.29, 0.717) is 10.6 Å². The number of sulfonamides is 1. The first-order valence-electron chi connectivity index (χ1n) is 6.01. The van der Waals surface area contributed by atoms with Crippen LogP contribution in [0.2, 0.25) is 0 Å². The van der Waals surface area contributed by atoms with E-state index in [4.69, 9.17) is 5.73 Å². The summed E-state index contributed by atoms with van der Waals surface area (Å²) in [5, 5.41) is 3.38. The average molecular weight is 392 g/mol. The maximum atomic E-state index is 12.1. The van der Waals surface area contributed by atoms with Gasteiger partial charge in [-0.3, -0.25) is 4.79 Å². The van der Waals surface area contributed by atoms with Gasteiger partial charge >= 0.3 is 0 Å². The molecule has 1 aromatic carbocycles. The van der Waals surface area contributed by atoms with Crippen molar-refractivity contribution in [3.05, 3.63) is 27.5 Å². The lowest BCUT2D eigenvalue weighted by molar-refractivity contribution is 0.0961. The molecule has 21 heavy (non-hydrogen) atoms. The minimum atomic E-state index is -3.34. The van der Waals surface area contributed by atoms with Crippen molar-refractivity contribution >= 4 is 59.0 Å². The molecule has 114 valence electrons. The predicted molar refractivity (Wildman–Crippen MR) is 89.1 cm³/mol. The van der Waals surface area contributed by atoms with E-state index in [1.54, 1.807) is 0 Å². The number of halogens is 1. The van der Waals surface area contributed by atoms with Gasteiger partial charge in [-0.15, -0.1) is 11.3 Å². The molecule has 0 spiro atoms. The third kappa shape index (κ3) is 3.73. The molecule has 1 amide bonds. The molecule has 1 heterocycles. The summed E-state index contributed by atoms with van der Waals surface area (Å²) in [5.41, 5.74) is 6.39. The van der Waals surface area contributed by atoms with Crippen LogP contribution in [0.1, 0.15) is 9.67 Å². The molecule has 9 heteroatoms. The van der Waals surface area contributed by atoms with Gasteiger partial charge in [0.1, 0.15) is 4.88 Å². The Labute approximate surface area is 134 Å². The summed E-state index contributed by atoms with van der Waals surface area (Å²) in [5.74, 6) is -0.540. The number of fused-ring (bicyclic) bond motifs is 1. The molecule has 0 saturated carbocycles. The summed E-state index contributed by atoms with van der Waals surface area (Å²) in [7, 11) is -2.00. The van der Waals surface area contributed by atoms with Gasteiger partial charge in [0.25, 0.3) is 5.91 Å². The van der Waals surface area contributed by atoms with Crippen LogP contribution in [-0.2, 0) is 10.0 Å². The third-order valence-corrected chi connectivity index (χ3v) is 5.89. The van der Waals surface area contributed by atoms with Crippen LogP contribution in [0.25, 0.3) is 10.1 Å². The number of thiophene rings is 1. The number of nitrogens with one attached hydrogen (secondary N) is 2. The fourth-order valence-electron chi connectivity index (χ4n) is 1.74. The number of carbonyl (C=O) groups is 1. The van der Waals surface area contributed by atoms with Crippen LogP contribution in [0.15, 0.2) is 22.7 Å². The van der Waals surface area contributed by atoms with E-state index in [1.165, 1.54) is 18.4 Å². The Kier molecular flexibility index (Phi) is 4.87. The van der Waals surface area contributed by atoms with Crippen molar-refractivity contribution < 1.29 is 13.2 Å². The SMILES string of the molecule is CNS(=O)(=O)CCNC(=O)c1sc2cc(Br)ccc2c1N. The summed E-state index contributed by atoms with van der Waals surface area (Å²) in [6.45, 7) is 0.0272. The zero-order chi connectivity index (χ0) is 15.6. The molecule has 0 fully saturated rings. The monoisotopic (exact) mass is 391 g/mol.